The molecule has 0 aliphatic carbocycles. The number of carbonyl (C=O) groups is 1. The Hall–Kier alpha value is -3.18. The smallest absolute Gasteiger partial charge is 0.306 e. The van der Waals surface area contributed by atoms with Crippen LogP contribution in [0.1, 0.15) is 38.7 Å². The molecule has 11 heteroatoms. The van der Waals surface area contributed by atoms with Gasteiger partial charge in [-0.25, -0.2) is 13.4 Å². The Balaban J connectivity index is 1.80. The number of carboxylic acid groups (broad SMARTS) is 1. The zero-order valence-corrected chi connectivity index (χ0v) is 20.9. The van der Waals surface area contributed by atoms with E-state index in [0.29, 0.717) is 29.0 Å². The molecule has 0 amide bonds. The SMILES string of the molecule is CCCc1cn(C)c2c(=O)[nH]c(-c3cc(S(=O)(=O)N4CCC(C(=O)O)CC4)ccc3OCC)nc12. The van der Waals surface area contributed by atoms with E-state index < -0.39 is 21.9 Å². The number of benzene rings is 1. The maximum Gasteiger partial charge on any atom is 0.306 e. The van der Waals surface area contributed by atoms with Crippen LogP contribution >= 0.6 is 0 Å². The van der Waals surface area contributed by atoms with E-state index in [-0.39, 0.29) is 42.2 Å². The number of sulfonamides is 1. The average molecular weight is 503 g/mol. The molecule has 1 aliphatic heterocycles. The van der Waals surface area contributed by atoms with Gasteiger partial charge in [0, 0.05) is 26.3 Å². The number of aliphatic carboxylic acids is 1. The van der Waals surface area contributed by atoms with Crippen LogP contribution in [0.5, 0.6) is 5.75 Å². The predicted octanol–water partition coefficient (Wildman–Crippen LogP) is 2.77. The summed E-state index contributed by atoms with van der Waals surface area (Å²) in [4.78, 5) is 31.8. The molecule has 10 nitrogen and oxygen atoms in total. The molecule has 3 heterocycles. The summed E-state index contributed by atoms with van der Waals surface area (Å²) < 4.78 is 35.6. The maximum absolute atomic E-state index is 13.4. The second kappa shape index (κ2) is 9.82. The maximum atomic E-state index is 13.4. The van der Waals surface area contributed by atoms with Gasteiger partial charge in [-0.15, -0.1) is 0 Å². The summed E-state index contributed by atoms with van der Waals surface area (Å²) in [6.45, 7) is 4.48. The van der Waals surface area contributed by atoms with Gasteiger partial charge in [-0.2, -0.15) is 4.31 Å². The van der Waals surface area contributed by atoms with Crippen LogP contribution in [0.3, 0.4) is 0 Å². The van der Waals surface area contributed by atoms with E-state index in [0.717, 1.165) is 18.4 Å². The van der Waals surface area contributed by atoms with Crippen molar-refractivity contribution in [3.63, 3.8) is 0 Å². The molecular weight excluding hydrogens is 472 g/mol. The Kier molecular flexibility index (Phi) is 7.00. The zero-order chi connectivity index (χ0) is 25.3. The van der Waals surface area contributed by atoms with Crippen LogP contribution in [0.4, 0.5) is 0 Å². The minimum absolute atomic E-state index is 0.0364. The quantitative estimate of drug-likeness (QED) is 0.484. The van der Waals surface area contributed by atoms with Crippen molar-refractivity contribution in [3.05, 3.63) is 40.3 Å². The lowest BCUT2D eigenvalue weighted by molar-refractivity contribution is -0.142. The predicted molar refractivity (Wildman–Crippen MR) is 131 cm³/mol. The fourth-order valence-electron chi connectivity index (χ4n) is 4.59. The van der Waals surface area contributed by atoms with Crippen LogP contribution < -0.4 is 10.3 Å². The van der Waals surface area contributed by atoms with Gasteiger partial charge in [0.15, 0.2) is 0 Å². The minimum atomic E-state index is -3.88. The lowest BCUT2D eigenvalue weighted by Crippen LogP contribution is -2.40. The molecule has 188 valence electrons. The number of nitrogens with zero attached hydrogens (tertiary/aromatic N) is 3. The molecule has 0 atom stereocenters. The summed E-state index contributed by atoms with van der Waals surface area (Å²) >= 11 is 0. The van der Waals surface area contributed by atoms with Crippen molar-refractivity contribution in [2.75, 3.05) is 19.7 Å². The number of aryl methyl sites for hydroxylation is 2. The number of rotatable bonds is 8. The number of ether oxygens (including phenoxy) is 1. The molecule has 1 saturated heterocycles. The van der Waals surface area contributed by atoms with Crippen molar-refractivity contribution >= 4 is 27.0 Å². The van der Waals surface area contributed by atoms with Crippen molar-refractivity contribution in [1.29, 1.82) is 0 Å². The minimum Gasteiger partial charge on any atom is -0.493 e. The van der Waals surface area contributed by atoms with Crippen LogP contribution in [0, 0.1) is 5.92 Å². The molecule has 0 spiro atoms. The Morgan fingerprint density at radius 3 is 2.60 bits per heavy atom. The van der Waals surface area contributed by atoms with Crippen molar-refractivity contribution < 1.29 is 23.1 Å². The number of aromatic nitrogens is 3. The van der Waals surface area contributed by atoms with E-state index in [9.17, 15) is 23.1 Å². The van der Waals surface area contributed by atoms with E-state index in [1.807, 2.05) is 20.0 Å². The summed E-state index contributed by atoms with van der Waals surface area (Å²) in [5.41, 5.74) is 2.04. The molecule has 0 bridgehead atoms. The number of fused-ring (bicyclic) bond motifs is 1. The van der Waals surface area contributed by atoms with Crippen LogP contribution in [-0.2, 0) is 28.3 Å². The van der Waals surface area contributed by atoms with Crippen molar-refractivity contribution in [2.45, 2.75) is 44.4 Å². The van der Waals surface area contributed by atoms with Gasteiger partial charge in [0.2, 0.25) is 10.0 Å². The molecule has 1 aliphatic rings. The second-order valence-electron chi connectivity index (χ2n) is 8.73. The molecule has 3 aromatic rings. The van der Waals surface area contributed by atoms with Gasteiger partial charge in [0.1, 0.15) is 17.1 Å². The summed E-state index contributed by atoms with van der Waals surface area (Å²) in [6.07, 6.45) is 4.06. The standard InChI is InChI=1S/C24H30N4O6S/c1-4-6-16-14-27(3)21-20(16)25-22(26-23(21)29)18-13-17(7-8-19(18)34-5-2)35(32,33)28-11-9-15(10-12-28)24(30)31/h7-8,13-15H,4-6,9-12H2,1-3H3,(H,30,31)(H,25,26,29). The van der Waals surface area contributed by atoms with Crippen molar-refractivity contribution in [1.82, 2.24) is 18.8 Å². The number of hydrogen-bond donors (Lipinski definition) is 2. The number of H-pyrrole nitrogens is 1. The summed E-state index contributed by atoms with van der Waals surface area (Å²) in [5, 5.41) is 9.22. The first-order chi connectivity index (χ1) is 16.7. The highest BCUT2D eigenvalue weighted by Gasteiger charge is 2.32. The summed E-state index contributed by atoms with van der Waals surface area (Å²) in [5.74, 6) is -0.802. The third-order valence-electron chi connectivity index (χ3n) is 6.37. The topological polar surface area (TPSA) is 135 Å². The Labute approximate surface area is 203 Å². The second-order valence-corrected chi connectivity index (χ2v) is 10.7. The van der Waals surface area contributed by atoms with Crippen LogP contribution in [0.2, 0.25) is 0 Å². The fourth-order valence-corrected chi connectivity index (χ4v) is 6.08. The monoisotopic (exact) mass is 502 g/mol. The molecule has 0 radical (unpaired) electrons. The third-order valence-corrected chi connectivity index (χ3v) is 8.26. The lowest BCUT2D eigenvalue weighted by atomic mass is 9.99. The zero-order valence-electron chi connectivity index (χ0n) is 20.1. The normalized spacial score (nSPS) is 15.5. The first-order valence-electron chi connectivity index (χ1n) is 11.8. The molecule has 4 rings (SSSR count). The molecule has 1 aromatic carbocycles. The number of nitrogens with one attached hydrogen (secondary N) is 1. The average Bonchev–Trinajstić information content (AvgIpc) is 3.15. The van der Waals surface area contributed by atoms with Gasteiger partial charge < -0.3 is 19.4 Å². The van der Waals surface area contributed by atoms with E-state index in [1.165, 1.54) is 16.4 Å². The molecule has 2 N–H and O–H groups in total. The highest BCUT2D eigenvalue weighted by atomic mass is 32.2. The highest BCUT2D eigenvalue weighted by molar-refractivity contribution is 7.89. The molecule has 35 heavy (non-hydrogen) atoms. The van der Waals surface area contributed by atoms with Gasteiger partial charge in [-0.1, -0.05) is 13.3 Å². The Morgan fingerprint density at radius 2 is 1.97 bits per heavy atom. The molecule has 1 fully saturated rings. The largest absolute Gasteiger partial charge is 0.493 e. The Bertz CT molecular complexity index is 1420. The lowest BCUT2D eigenvalue weighted by Gasteiger charge is -2.29. The van der Waals surface area contributed by atoms with E-state index in [2.05, 4.69) is 4.98 Å². The van der Waals surface area contributed by atoms with Crippen LogP contribution in [-0.4, -0.2) is 58.0 Å². The van der Waals surface area contributed by atoms with E-state index >= 15 is 0 Å². The Morgan fingerprint density at radius 1 is 1.26 bits per heavy atom. The first-order valence-corrected chi connectivity index (χ1v) is 13.2. The number of aromatic amines is 1. The molecule has 0 unspecified atom stereocenters. The third kappa shape index (κ3) is 4.70. The summed E-state index contributed by atoms with van der Waals surface area (Å²) in [6, 6.07) is 4.50. The molecular formula is C24H30N4O6S. The van der Waals surface area contributed by atoms with Crippen molar-refractivity contribution in [3.8, 4) is 17.1 Å². The number of carboxylic acids is 1. The van der Waals surface area contributed by atoms with Crippen LogP contribution in [0.15, 0.2) is 34.1 Å². The van der Waals surface area contributed by atoms with E-state index in [1.54, 1.807) is 17.7 Å². The molecule has 2 aromatic heterocycles. The molecule has 0 saturated carbocycles. The first kappa shape index (κ1) is 24.9. The van der Waals surface area contributed by atoms with Gasteiger partial charge in [0.25, 0.3) is 5.56 Å². The number of piperidine rings is 1. The fraction of sp³-hybridized carbons (Fsp3) is 0.458. The summed E-state index contributed by atoms with van der Waals surface area (Å²) in [7, 11) is -2.08. The number of hydrogen-bond acceptors (Lipinski definition) is 6. The van der Waals surface area contributed by atoms with Gasteiger partial charge in [0.05, 0.1) is 28.5 Å². The van der Waals surface area contributed by atoms with Gasteiger partial charge >= 0.3 is 5.97 Å². The van der Waals surface area contributed by atoms with E-state index in [4.69, 9.17) is 9.72 Å². The van der Waals surface area contributed by atoms with Gasteiger partial charge in [-0.05, 0) is 49.9 Å². The van der Waals surface area contributed by atoms with Crippen LogP contribution in [0.25, 0.3) is 22.4 Å². The van der Waals surface area contributed by atoms with Gasteiger partial charge in [-0.3, -0.25) is 9.59 Å². The van der Waals surface area contributed by atoms with Crippen molar-refractivity contribution in [2.24, 2.45) is 13.0 Å². The highest BCUT2D eigenvalue weighted by Crippen LogP contribution is 2.33.